The second-order valence-electron chi connectivity index (χ2n) is 3.70. The van der Waals surface area contributed by atoms with Crippen LogP contribution < -0.4 is 0 Å². The largest absolute Gasteiger partial charge is 0.356 e. The summed E-state index contributed by atoms with van der Waals surface area (Å²) in [6, 6.07) is 0. The Balaban J connectivity index is 2.25. The van der Waals surface area contributed by atoms with Gasteiger partial charge in [0.25, 0.3) is 0 Å². The number of ether oxygens (including phenoxy) is 2. The first-order chi connectivity index (χ1) is 5.77. The summed E-state index contributed by atoms with van der Waals surface area (Å²) in [5, 5.41) is 0. The zero-order valence-corrected chi connectivity index (χ0v) is 8.38. The number of hydrogen-bond donors (Lipinski definition) is 0. The summed E-state index contributed by atoms with van der Waals surface area (Å²) in [7, 11) is 1.72. The zero-order chi connectivity index (χ0) is 8.97. The van der Waals surface area contributed by atoms with Crippen LogP contribution in [0.1, 0.15) is 39.5 Å². The average molecular weight is 172 g/mol. The fourth-order valence-corrected chi connectivity index (χ4v) is 1.75. The van der Waals surface area contributed by atoms with E-state index in [0.717, 1.165) is 6.42 Å². The average Bonchev–Trinajstić information content (AvgIpc) is 2.43. The Labute approximate surface area is 75.2 Å². The minimum absolute atomic E-state index is 0.0573. The quantitative estimate of drug-likeness (QED) is 0.649. The topological polar surface area (TPSA) is 18.5 Å². The van der Waals surface area contributed by atoms with Gasteiger partial charge in [-0.25, -0.2) is 0 Å². The molecule has 0 aromatic heterocycles. The molecule has 2 heteroatoms. The van der Waals surface area contributed by atoms with Crippen molar-refractivity contribution >= 4 is 0 Å². The highest BCUT2D eigenvalue weighted by Gasteiger charge is 2.31. The standard InChI is InChI=1S/C10H20O2/c1-4-5-6-9-8(2)7-10(11-3)12-9/h8-10H,4-7H2,1-3H3/t8-,9+,10?/m0/s1. The maximum absolute atomic E-state index is 5.70. The first kappa shape index (κ1) is 10.0. The van der Waals surface area contributed by atoms with E-state index < -0.39 is 0 Å². The third-order valence-corrected chi connectivity index (χ3v) is 2.63. The van der Waals surface area contributed by atoms with Crippen molar-refractivity contribution in [2.75, 3.05) is 7.11 Å². The van der Waals surface area contributed by atoms with Gasteiger partial charge in [-0.15, -0.1) is 0 Å². The van der Waals surface area contributed by atoms with E-state index in [1.165, 1.54) is 19.3 Å². The van der Waals surface area contributed by atoms with Gasteiger partial charge in [0.15, 0.2) is 6.29 Å². The van der Waals surface area contributed by atoms with Crippen molar-refractivity contribution in [3.05, 3.63) is 0 Å². The lowest BCUT2D eigenvalue weighted by atomic mass is 9.99. The molecule has 1 saturated heterocycles. The van der Waals surface area contributed by atoms with Gasteiger partial charge in [0.2, 0.25) is 0 Å². The van der Waals surface area contributed by atoms with Gasteiger partial charge < -0.3 is 9.47 Å². The van der Waals surface area contributed by atoms with E-state index in [1.54, 1.807) is 7.11 Å². The SMILES string of the molecule is CCCC[C@H]1OC(OC)C[C@@H]1C. The number of hydrogen-bond acceptors (Lipinski definition) is 2. The zero-order valence-electron chi connectivity index (χ0n) is 8.38. The Hall–Kier alpha value is -0.0800. The lowest BCUT2D eigenvalue weighted by molar-refractivity contribution is -0.117. The molecular weight excluding hydrogens is 152 g/mol. The maximum atomic E-state index is 5.70. The van der Waals surface area contributed by atoms with Gasteiger partial charge in [0, 0.05) is 13.5 Å². The van der Waals surface area contributed by atoms with E-state index in [1.807, 2.05) is 0 Å². The summed E-state index contributed by atoms with van der Waals surface area (Å²) >= 11 is 0. The number of methoxy groups -OCH3 is 1. The predicted molar refractivity (Wildman–Crippen MR) is 49.0 cm³/mol. The maximum Gasteiger partial charge on any atom is 0.157 e. The van der Waals surface area contributed by atoms with E-state index in [-0.39, 0.29) is 6.29 Å². The molecule has 0 saturated carbocycles. The molecule has 3 atom stereocenters. The van der Waals surface area contributed by atoms with E-state index in [9.17, 15) is 0 Å². The molecule has 1 aliphatic rings. The fourth-order valence-electron chi connectivity index (χ4n) is 1.75. The van der Waals surface area contributed by atoms with Gasteiger partial charge in [0.1, 0.15) is 0 Å². The summed E-state index contributed by atoms with van der Waals surface area (Å²) in [5.74, 6) is 0.668. The van der Waals surface area contributed by atoms with Crippen molar-refractivity contribution in [2.45, 2.75) is 51.9 Å². The molecule has 0 N–H and O–H groups in total. The van der Waals surface area contributed by atoms with Crippen LogP contribution in [0.2, 0.25) is 0 Å². The Morgan fingerprint density at radius 1 is 1.50 bits per heavy atom. The lowest BCUT2D eigenvalue weighted by Gasteiger charge is -2.13. The van der Waals surface area contributed by atoms with Crippen molar-refractivity contribution in [3.8, 4) is 0 Å². The highest BCUT2D eigenvalue weighted by Crippen LogP contribution is 2.29. The Bertz CT molecular complexity index is 125. The fraction of sp³-hybridized carbons (Fsp3) is 1.00. The minimum atomic E-state index is 0.0573. The molecule has 1 heterocycles. The molecule has 12 heavy (non-hydrogen) atoms. The molecule has 0 aliphatic carbocycles. The first-order valence-electron chi connectivity index (χ1n) is 4.96. The van der Waals surface area contributed by atoms with Crippen molar-refractivity contribution in [1.82, 2.24) is 0 Å². The Kier molecular flexibility index (Phi) is 4.02. The van der Waals surface area contributed by atoms with Crippen molar-refractivity contribution < 1.29 is 9.47 Å². The van der Waals surface area contributed by atoms with Crippen LogP contribution >= 0.6 is 0 Å². The molecule has 72 valence electrons. The van der Waals surface area contributed by atoms with Gasteiger partial charge in [-0.2, -0.15) is 0 Å². The molecule has 0 spiro atoms. The second kappa shape index (κ2) is 4.83. The van der Waals surface area contributed by atoms with E-state index in [0.29, 0.717) is 12.0 Å². The highest BCUT2D eigenvalue weighted by atomic mass is 16.7. The molecule has 1 aliphatic heterocycles. The summed E-state index contributed by atoms with van der Waals surface area (Å²) in [6.45, 7) is 4.47. The molecule has 1 unspecified atom stereocenters. The molecule has 0 amide bonds. The van der Waals surface area contributed by atoms with E-state index >= 15 is 0 Å². The molecule has 0 aromatic rings. The minimum Gasteiger partial charge on any atom is -0.356 e. The summed E-state index contributed by atoms with van der Waals surface area (Å²) in [4.78, 5) is 0. The van der Waals surface area contributed by atoms with Crippen LogP contribution in [-0.2, 0) is 9.47 Å². The molecular formula is C10H20O2. The van der Waals surface area contributed by atoms with Crippen LogP contribution in [0, 0.1) is 5.92 Å². The highest BCUT2D eigenvalue weighted by molar-refractivity contribution is 4.75. The van der Waals surface area contributed by atoms with Crippen molar-refractivity contribution in [1.29, 1.82) is 0 Å². The number of unbranched alkanes of at least 4 members (excludes halogenated alkanes) is 1. The van der Waals surface area contributed by atoms with Crippen LogP contribution in [-0.4, -0.2) is 19.5 Å². The van der Waals surface area contributed by atoms with Gasteiger partial charge in [-0.3, -0.25) is 0 Å². The second-order valence-corrected chi connectivity index (χ2v) is 3.70. The van der Waals surface area contributed by atoms with Gasteiger partial charge in [0.05, 0.1) is 6.10 Å². The molecule has 2 nitrogen and oxygen atoms in total. The van der Waals surface area contributed by atoms with Crippen LogP contribution in [0.5, 0.6) is 0 Å². The molecule has 1 rings (SSSR count). The summed E-state index contributed by atoms with van der Waals surface area (Å²) in [6.07, 6.45) is 5.27. The smallest absolute Gasteiger partial charge is 0.157 e. The normalized spacial score (nSPS) is 35.8. The van der Waals surface area contributed by atoms with E-state index in [2.05, 4.69) is 13.8 Å². The number of rotatable bonds is 4. The lowest BCUT2D eigenvalue weighted by Crippen LogP contribution is -2.14. The third-order valence-electron chi connectivity index (χ3n) is 2.63. The van der Waals surface area contributed by atoms with Crippen LogP contribution in [0.15, 0.2) is 0 Å². The Morgan fingerprint density at radius 3 is 2.75 bits per heavy atom. The summed E-state index contributed by atoms with van der Waals surface area (Å²) < 4.78 is 10.9. The van der Waals surface area contributed by atoms with Crippen molar-refractivity contribution in [2.24, 2.45) is 5.92 Å². The predicted octanol–water partition coefficient (Wildman–Crippen LogP) is 2.57. The first-order valence-corrected chi connectivity index (χ1v) is 4.96. The van der Waals surface area contributed by atoms with Crippen LogP contribution in [0.25, 0.3) is 0 Å². The monoisotopic (exact) mass is 172 g/mol. The molecule has 0 bridgehead atoms. The molecule has 0 radical (unpaired) electrons. The molecule has 0 aromatic carbocycles. The van der Waals surface area contributed by atoms with Crippen LogP contribution in [0.4, 0.5) is 0 Å². The van der Waals surface area contributed by atoms with E-state index in [4.69, 9.17) is 9.47 Å². The Morgan fingerprint density at radius 2 is 2.25 bits per heavy atom. The van der Waals surface area contributed by atoms with Gasteiger partial charge in [-0.05, 0) is 12.3 Å². The third kappa shape index (κ3) is 2.46. The van der Waals surface area contributed by atoms with Crippen LogP contribution in [0.3, 0.4) is 0 Å². The summed E-state index contributed by atoms with van der Waals surface area (Å²) in [5.41, 5.74) is 0. The van der Waals surface area contributed by atoms with Gasteiger partial charge >= 0.3 is 0 Å². The van der Waals surface area contributed by atoms with Gasteiger partial charge in [-0.1, -0.05) is 26.7 Å². The van der Waals surface area contributed by atoms with Crippen molar-refractivity contribution in [3.63, 3.8) is 0 Å². The molecule has 1 fully saturated rings.